The zero-order valence-corrected chi connectivity index (χ0v) is 70.5. The van der Waals surface area contributed by atoms with Crippen molar-refractivity contribution >= 4 is 114 Å². The van der Waals surface area contributed by atoms with Crippen LogP contribution in [-0.2, 0) is 32.7 Å². The molecule has 11 aromatic heterocycles. The number of hydrogen-bond donors (Lipinski definition) is 14. The highest BCUT2D eigenvalue weighted by Crippen LogP contribution is 2.31. The Hall–Kier alpha value is -11.5. The van der Waals surface area contributed by atoms with Crippen LogP contribution in [0, 0.1) is 11.8 Å². The van der Waals surface area contributed by atoms with E-state index in [0.717, 1.165) is 182 Å². The number of aliphatic hydroxyl groups is 4. The predicted molar refractivity (Wildman–Crippen MR) is 483 cm³/mol. The van der Waals surface area contributed by atoms with Crippen LogP contribution in [0.25, 0.3) is 55.2 Å². The third-order valence-electron chi connectivity index (χ3n) is 19.9. The minimum atomic E-state index is -0.0440. The Bertz CT molecular complexity index is 5090. The fourth-order valence-electron chi connectivity index (χ4n) is 14.2. The van der Waals surface area contributed by atoms with E-state index in [1.807, 2.05) is 104 Å². The van der Waals surface area contributed by atoms with Crippen LogP contribution in [0.5, 0.6) is 0 Å². The highest BCUT2D eigenvalue weighted by molar-refractivity contribution is 5.91. The summed E-state index contributed by atoms with van der Waals surface area (Å²) < 4.78 is 10.7. The molecule has 2 aromatic carbocycles. The zero-order valence-electron chi connectivity index (χ0n) is 70.5. The Labute approximate surface area is 693 Å². The molecule has 0 aliphatic carbocycles. The summed E-state index contributed by atoms with van der Waals surface area (Å²) in [5.41, 5.74) is 41.6. The van der Waals surface area contributed by atoms with Crippen molar-refractivity contribution in [1.29, 1.82) is 0 Å². The maximum atomic E-state index is 9.67. The van der Waals surface area contributed by atoms with Gasteiger partial charge >= 0.3 is 0 Å². The van der Waals surface area contributed by atoms with E-state index in [1.54, 1.807) is 6.20 Å². The van der Waals surface area contributed by atoms with Crippen LogP contribution in [0.1, 0.15) is 182 Å². The molecule has 11 heterocycles. The number of hydrogen-bond acceptors (Lipinski definition) is 25. The Balaban J connectivity index is 0.000000168. The number of rotatable bonds is 40. The van der Waals surface area contributed by atoms with Crippen LogP contribution < -0.4 is 55.3 Å². The summed E-state index contributed by atoms with van der Waals surface area (Å²) in [4.78, 5) is 48.1. The molecule has 4 atom stereocenters. The lowest BCUT2D eigenvalue weighted by Crippen LogP contribution is -2.25. The largest absolute Gasteiger partial charge is 0.396 e. The summed E-state index contributed by atoms with van der Waals surface area (Å²) in [5, 5.41) is 54.9. The van der Waals surface area contributed by atoms with E-state index in [9.17, 15) is 20.4 Å². The first-order valence-electron chi connectivity index (χ1n) is 42.1. The van der Waals surface area contributed by atoms with Gasteiger partial charge in [0.15, 0.2) is 29.1 Å². The van der Waals surface area contributed by atoms with Crippen LogP contribution in [-0.4, -0.2) is 155 Å². The van der Waals surface area contributed by atoms with E-state index < -0.39 is 0 Å². The average molecular weight is 1610 g/mol. The number of nitrogens with zero attached hydrogens (tertiary/aromatic N) is 16. The summed E-state index contributed by atoms with van der Waals surface area (Å²) in [6.45, 7) is 24.8. The van der Waals surface area contributed by atoms with E-state index in [0.29, 0.717) is 54.6 Å². The second-order valence-corrected chi connectivity index (χ2v) is 30.8. The number of fused-ring (bicyclic) bond motifs is 5. The van der Waals surface area contributed by atoms with Crippen molar-refractivity contribution in [2.75, 3.05) is 88.2 Å². The third kappa shape index (κ3) is 26.8. The molecule has 634 valence electrons. The average Bonchev–Trinajstić information content (AvgIpc) is 1.66. The second kappa shape index (κ2) is 47.1. The highest BCUT2D eigenvalue weighted by atomic mass is 16.3. The Kier molecular flexibility index (Phi) is 36.1. The molecule has 0 amide bonds. The maximum absolute atomic E-state index is 9.67. The second-order valence-electron chi connectivity index (χ2n) is 30.8. The first-order chi connectivity index (χ1) is 57.3. The number of nitrogens with two attached hydrogens (primary N) is 5. The van der Waals surface area contributed by atoms with E-state index in [-0.39, 0.29) is 74.4 Å². The van der Waals surface area contributed by atoms with E-state index in [1.165, 1.54) is 24.0 Å². The fraction of sp³-hybridized carbons (Fsp3) is 0.466. The molecule has 0 unspecified atom stereocenters. The van der Waals surface area contributed by atoms with Gasteiger partial charge in [-0.2, -0.15) is 24.9 Å². The van der Waals surface area contributed by atoms with Gasteiger partial charge in [-0.3, -0.25) is 4.98 Å². The Morgan fingerprint density at radius 2 is 0.661 bits per heavy atom. The van der Waals surface area contributed by atoms with Crippen molar-refractivity contribution in [1.82, 2.24) is 77.7 Å². The van der Waals surface area contributed by atoms with Crippen LogP contribution in [0.3, 0.4) is 0 Å². The molecule has 0 aliphatic heterocycles. The minimum absolute atomic E-state index is 0.0186. The molecule has 0 saturated carbocycles. The van der Waals surface area contributed by atoms with Gasteiger partial charge in [-0.05, 0) is 110 Å². The normalized spacial score (nSPS) is 12.3. The van der Waals surface area contributed by atoms with Crippen molar-refractivity contribution in [3.05, 3.63) is 163 Å². The Morgan fingerprint density at radius 3 is 1.01 bits per heavy atom. The lowest BCUT2D eigenvalue weighted by atomic mass is 10.1. The molecule has 13 rings (SSSR count). The molecule has 0 bridgehead atoms. The molecule has 13 aromatic rings. The minimum Gasteiger partial charge on any atom is -0.396 e. The van der Waals surface area contributed by atoms with E-state index in [2.05, 4.69) is 203 Å². The van der Waals surface area contributed by atoms with E-state index >= 15 is 0 Å². The van der Waals surface area contributed by atoms with Crippen molar-refractivity contribution < 1.29 is 20.4 Å². The van der Waals surface area contributed by atoms with Crippen LogP contribution in [0.15, 0.2) is 146 Å². The standard InChI is InChI=1S/C19H26N6O.C19H25N5O.C18H23N5.C17H29N5O.C15H25N5O/c1-2-3-6-14(9-12-26)22-18-17-16(23-19(20)24-18)8-11-25(17)13-15-7-4-5-10-21-15;1-2-3-9-15(13-25)21-18-17-16(22-19(20)23-18)10-11-24(17)12-14-7-5-4-6-8-14;1-2-3-7-11-20-17-16-15(21-18(19)22-17)10-12-23(16)13-14-8-5-4-6-9-14;1-4-5-6-13(8-10-23)19-16-15-14(20-17(18)21-16)7-9-22(15)11-12(2)3;1-4-5-11(9-21)17-14-13-12(18-15(16)19-14)6-7-20(13)8-10(2)3/h4-5,7-8,10-11,14,26H,2-3,6,9,12-13H2,1H3,(H3,20,22,23,24);4-8,10-11,15,25H,2-3,9,12-13H2,1H3,(H3,20,21,22,23);4-6,8-10,12H,2-3,7,11,13H2,1H3,(H3,19,20,21,22);7,9,12-13,23H,4-6,8,10-11H2,1-3H3,(H3,18,19,20,21);6-7,10-11,21H,4-5,8-9H2,1-3H3,(H3,16,17,18,19)/t14-;15-;;13-;11-/m00.00/s1. The van der Waals surface area contributed by atoms with Gasteiger partial charge < -0.3 is 98.5 Å². The molecule has 0 fully saturated rings. The molecule has 0 radical (unpaired) electrons. The number of pyridine rings is 1. The molecular weight excluding hydrogens is 1490 g/mol. The smallest absolute Gasteiger partial charge is 0.222 e. The lowest BCUT2D eigenvalue weighted by Gasteiger charge is -2.20. The molecule has 30 heteroatoms. The molecule has 118 heavy (non-hydrogen) atoms. The number of benzene rings is 2. The van der Waals surface area contributed by atoms with Crippen molar-refractivity contribution in [2.45, 2.75) is 222 Å². The van der Waals surface area contributed by atoms with Crippen molar-refractivity contribution in [3.63, 3.8) is 0 Å². The van der Waals surface area contributed by atoms with Gasteiger partial charge in [0.2, 0.25) is 29.7 Å². The lowest BCUT2D eigenvalue weighted by molar-refractivity contribution is 0.267. The summed E-state index contributed by atoms with van der Waals surface area (Å²) in [6.07, 6.45) is 28.1. The van der Waals surface area contributed by atoms with Crippen LogP contribution in [0.4, 0.5) is 58.8 Å². The number of unbranched alkanes of at least 4 members (excludes halogenated alkanes) is 5. The number of aromatic nitrogens is 16. The highest BCUT2D eigenvalue weighted by Gasteiger charge is 2.22. The maximum Gasteiger partial charge on any atom is 0.222 e. The molecule has 0 spiro atoms. The van der Waals surface area contributed by atoms with Gasteiger partial charge in [0.05, 0.1) is 65.1 Å². The molecule has 19 N–H and O–H groups in total. The molecule has 30 nitrogen and oxygen atoms in total. The topological polar surface area (TPSA) is 438 Å². The number of anilines is 10. The molecular formula is C88H128N26O4. The first-order valence-corrected chi connectivity index (χ1v) is 42.1. The van der Waals surface area contributed by atoms with Gasteiger partial charge in [0.25, 0.3) is 0 Å². The SMILES string of the molecule is CCCCCNc1nc(N)nc2ccn(Cc3ccccc3)c12.CCCC[C@@H](CCO)Nc1nc(N)nc2ccn(CC(C)C)c12.CCCC[C@@H](CCO)Nc1nc(N)nc2ccn(Cc3ccccn3)c12.CCCC[C@@H](CO)Nc1nc(N)nc2ccn(Cc3ccccc3)c12.CCC[C@@H](CO)Nc1nc(N)nc2ccn(CC(C)C)c12. The number of nitrogen functional groups attached to an aromatic ring is 5. The van der Waals surface area contributed by atoms with Gasteiger partial charge in [-0.15, -0.1) is 0 Å². The number of nitrogens with one attached hydrogen (secondary N) is 5. The van der Waals surface area contributed by atoms with Crippen LogP contribution in [0.2, 0.25) is 0 Å². The van der Waals surface area contributed by atoms with Gasteiger partial charge in [0.1, 0.15) is 27.6 Å². The monoisotopic (exact) mass is 1610 g/mol. The van der Waals surface area contributed by atoms with Crippen LogP contribution >= 0.6 is 0 Å². The summed E-state index contributed by atoms with van der Waals surface area (Å²) >= 11 is 0. The zero-order chi connectivity index (χ0) is 84.3. The Morgan fingerprint density at radius 1 is 0.331 bits per heavy atom. The summed E-state index contributed by atoms with van der Waals surface area (Å²) in [5.74, 6) is 6.07. The third-order valence-corrected chi connectivity index (χ3v) is 19.9. The van der Waals surface area contributed by atoms with Crippen molar-refractivity contribution in [3.8, 4) is 0 Å². The van der Waals surface area contributed by atoms with E-state index in [4.69, 9.17) is 28.7 Å². The van der Waals surface area contributed by atoms with Gasteiger partial charge in [-0.25, -0.2) is 24.9 Å². The first kappa shape index (κ1) is 90.4. The summed E-state index contributed by atoms with van der Waals surface area (Å²) in [6, 6.07) is 36.6. The summed E-state index contributed by atoms with van der Waals surface area (Å²) in [7, 11) is 0. The molecule has 0 aliphatic rings. The van der Waals surface area contributed by atoms with Crippen molar-refractivity contribution in [2.24, 2.45) is 11.8 Å². The fourth-order valence-corrected chi connectivity index (χ4v) is 14.2. The number of aliphatic hydroxyl groups excluding tert-OH is 4. The van der Waals surface area contributed by atoms with Gasteiger partial charge in [-0.1, -0.05) is 187 Å². The molecule has 0 saturated heterocycles. The van der Waals surface area contributed by atoms with Gasteiger partial charge in [0, 0.05) is 95.2 Å². The quantitative estimate of drug-likeness (QED) is 0.0159. The predicted octanol–water partition coefficient (Wildman–Crippen LogP) is 14.8.